The molecule has 4 amide bonds. The lowest BCUT2D eigenvalue weighted by Crippen LogP contribution is -2.38. The minimum atomic E-state index is -0.934. The van der Waals surface area contributed by atoms with Gasteiger partial charge in [-0.25, -0.2) is 4.79 Å². The zero-order valence-corrected chi connectivity index (χ0v) is 16.0. The number of carbonyl (C=O) groups is 3. The van der Waals surface area contributed by atoms with Gasteiger partial charge in [-0.1, -0.05) is 42.5 Å². The summed E-state index contributed by atoms with van der Waals surface area (Å²) in [5.74, 6) is -0.212. The van der Waals surface area contributed by atoms with Gasteiger partial charge in [-0.05, 0) is 23.3 Å². The number of nitrogens with one attached hydrogen (secondary N) is 2. The molecule has 152 valence electrons. The van der Waals surface area contributed by atoms with Gasteiger partial charge in [-0.2, -0.15) is 0 Å². The summed E-state index contributed by atoms with van der Waals surface area (Å²) < 4.78 is 5.09. The molecule has 8 heteroatoms. The van der Waals surface area contributed by atoms with Gasteiger partial charge in [0, 0.05) is 0 Å². The molecule has 1 aliphatic heterocycles. The summed E-state index contributed by atoms with van der Waals surface area (Å²) in [6.07, 6.45) is -0.201. The molecule has 8 nitrogen and oxygen atoms in total. The number of aliphatic hydroxyl groups is 1. The van der Waals surface area contributed by atoms with Crippen molar-refractivity contribution in [2.24, 2.45) is 0 Å². The summed E-state index contributed by atoms with van der Waals surface area (Å²) in [6.45, 7) is -0.166. The van der Waals surface area contributed by atoms with Gasteiger partial charge >= 0.3 is 6.03 Å². The van der Waals surface area contributed by atoms with Crippen LogP contribution in [-0.4, -0.2) is 47.6 Å². The second kappa shape index (κ2) is 9.20. The van der Waals surface area contributed by atoms with Crippen LogP contribution < -0.4 is 15.4 Å². The van der Waals surface area contributed by atoms with Crippen LogP contribution in [0, 0.1) is 0 Å². The maximum Gasteiger partial charge on any atom is 0.325 e. The molecule has 1 saturated heterocycles. The number of nitrogens with zero attached hydrogens (tertiary/aromatic N) is 1. The van der Waals surface area contributed by atoms with Gasteiger partial charge in [0.2, 0.25) is 5.91 Å². The first-order valence-corrected chi connectivity index (χ1v) is 9.21. The second-order valence-electron chi connectivity index (χ2n) is 6.69. The van der Waals surface area contributed by atoms with Crippen LogP contribution >= 0.6 is 0 Å². The minimum absolute atomic E-state index is 0.107. The molecule has 0 aliphatic carbocycles. The van der Waals surface area contributed by atoms with Crippen LogP contribution in [0.15, 0.2) is 54.6 Å². The first-order valence-electron chi connectivity index (χ1n) is 9.21. The van der Waals surface area contributed by atoms with Crippen LogP contribution in [0.3, 0.4) is 0 Å². The molecular formula is C21H23N3O5. The molecule has 1 heterocycles. The van der Waals surface area contributed by atoms with E-state index in [2.05, 4.69) is 10.6 Å². The molecule has 2 atom stereocenters. The molecule has 0 radical (unpaired) electrons. The van der Waals surface area contributed by atoms with E-state index >= 15 is 0 Å². The molecule has 2 aromatic rings. The molecule has 0 unspecified atom stereocenters. The summed E-state index contributed by atoms with van der Waals surface area (Å²) in [5.41, 5.74) is 1.52. The number of aliphatic hydroxyl groups excluding tert-OH is 1. The third-order valence-electron chi connectivity index (χ3n) is 4.72. The monoisotopic (exact) mass is 397 g/mol. The van der Waals surface area contributed by atoms with Crippen molar-refractivity contribution in [1.82, 2.24) is 15.5 Å². The predicted molar refractivity (Wildman–Crippen MR) is 105 cm³/mol. The number of carbonyl (C=O) groups excluding carboxylic acids is 3. The highest BCUT2D eigenvalue weighted by molar-refractivity contribution is 6.05. The molecule has 3 N–H and O–H groups in total. The molecule has 0 bridgehead atoms. The standard InChI is InChI=1S/C21H23N3O5/c1-29-16-9-7-14(8-10-16)12-24-20(27)17(23-21(24)28)11-19(26)22-18(13-25)15-5-3-2-4-6-15/h2-10,17-18,25H,11-13H2,1H3,(H,22,26)(H,23,28)/t17-,18+/m0/s1. The Morgan fingerprint density at radius 1 is 1.17 bits per heavy atom. The summed E-state index contributed by atoms with van der Waals surface area (Å²) in [5, 5.41) is 14.8. The number of urea groups is 1. The molecule has 29 heavy (non-hydrogen) atoms. The van der Waals surface area contributed by atoms with Crippen LogP contribution in [0.2, 0.25) is 0 Å². The Morgan fingerprint density at radius 3 is 2.48 bits per heavy atom. The fraction of sp³-hybridized carbons (Fsp3) is 0.286. The van der Waals surface area contributed by atoms with Crippen molar-refractivity contribution < 1.29 is 24.2 Å². The average Bonchev–Trinajstić information content (AvgIpc) is 3.00. The van der Waals surface area contributed by atoms with Gasteiger partial charge in [-0.3, -0.25) is 14.5 Å². The van der Waals surface area contributed by atoms with E-state index in [1.807, 2.05) is 18.2 Å². The fourth-order valence-electron chi connectivity index (χ4n) is 3.14. The average molecular weight is 397 g/mol. The topological polar surface area (TPSA) is 108 Å². The van der Waals surface area contributed by atoms with Gasteiger partial charge < -0.3 is 20.5 Å². The zero-order valence-electron chi connectivity index (χ0n) is 16.0. The quantitative estimate of drug-likeness (QED) is 0.583. The molecule has 0 saturated carbocycles. The van der Waals surface area contributed by atoms with Crippen molar-refractivity contribution >= 4 is 17.8 Å². The molecule has 1 fully saturated rings. The Labute approximate surface area is 168 Å². The van der Waals surface area contributed by atoms with Crippen LogP contribution in [0.25, 0.3) is 0 Å². The van der Waals surface area contributed by atoms with Crippen molar-refractivity contribution in [3.63, 3.8) is 0 Å². The third-order valence-corrected chi connectivity index (χ3v) is 4.72. The van der Waals surface area contributed by atoms with E-state index in [0.717, 1.165) is 16.0 Å². The first-order chi connectivity index (χ1) is 14.0. The van der Waals surface area contributed by atoms with Gasteiger partial charge in [0.15, 0.2) is 0 Å². The van der Waals surface area contributed by atoms with Gasteiger partial charge in [-0.15, -0.1) is 0 Å². The third kappa shape index (κ3) is 4.91. The van der Waals surface area contributed by atoms with E-state index < -0.39 is 29.9 Å². The molecule has 0 aromatic heterocycles. The number of imide groups is 1. The fourth-order valence-corrected chi connectivity index (χ4v) is 3.14. The lowest BCUT2D eigenvalue weighted by Gasteiger charge is -2.18. The summed E-state index contributed by atoms with van der Waals surface area (Å²) in [4.78, 5) is 38.2. The number of hydrogen-bond acceptors (Lipinski definition) is 5. The highest BCUT2D eigenvalue weighted by Gasteiger charge is 2.39. The van der Waals surface area contributed by atoms with E-state index in [0.29, 0.717) is 5.75 Å². The number of amides is 4. The maximum atomic E-state index is 12.6. The Kier molecular flexibility index (Phi) is 6.46. The molecule has 1 aliphatic rings. The molecule has 2 aromatic carbocycles. The van der Waals surface area contributed by atoms with Gasteiger partial charge in [0.05, 0.1) is 32.7 Å². The van der Waals surface area contributed by atoms with E-state index in [-0.39, 0.29) is 19.6 Å². The van der Waals surface area contributed by atoms with Crippen molar-refractivity contribution in [1.29, 1.82) is 0 Å². The lowest BCUT2D eigenvalue weighted by atomic mass is 10.1. The smallest absolute Gasteiger partial charge is 0.325 e. The zero-order chi connectivity index (χ0) is 20.8. The predicted octanol–water partition coefficient (Wildman–Crippen LogP) is 1.36. The van der Waals surface area contributed by atoms with Crippen LogP contribution in [0.4, 0.5) is 4.79 Å². The normalized spacial score (nSPS) is 17.0. The van der Waals surface area contributed by atoms with Crippen molar-refractivity contribution in [3.8, 4) is 5.75 Å². The maximum absolute atomic E-state index is 12.6. The minimum Gasteiger partial charge on any atom is -0.497 e. The van der Waals surface area contributed by atoms with E-state index in [9.17, 15) is 19.5 Å². The van der Waals surface area contributed by atoms with Crippen LogP contribution in [0.5, 0.6) is 5.75 Å². The first kappa shape index (κ1) is 20.3. The largest absolute Gasteiger partial charge is 0.497 e. The second-order valence-corrected chi connectivity index (χ2v) is 6.69. The molecule has 3 rings (SSSR count). The summed E-state index contributed by atoms with van der Waals surface area (Å²) in [7, 11) is 1.56. The van der Waals surface area contributed by atoms with E-state index in [1.165, 1.54) is 0 Å². The SMILES string of the molecule is COc1ccc(CN2C(=O)N[C@@H](CC(=O)N[C@H](CO)c3ccccc3)C2=O)cc1. The van der Waals surface area contributed by atoms with Crippen molar-refractivity contribution in [3.05, 3.63) is 65.7 Å². The lowest BCUT2D eigenvalue weighted by molar-refractivity contribution is -0.131. The van der Waals surface area contributed by atoms with Crippen molar-refractivity contribution in [2.75, 3.05) is 13.7 Å². The number of ether oxygens (including phenoxy) is 1. The van der Waals surface area contributed by atoms with Gasteiger partial charge in [0.1, 0.15) is 11.8 Å². The number of benzene rings is 2. The Morgan fingerprint density at radius 2 is 1.86 bits per heavy atom. The van der Waals surface area contributed by atoms with Gasteiger partial charge in [0.25, 0.3) is 5.91 Å². The highest BCUT2D eigenvalue weighted by Crippen LogP contribution is 2.18. The number of methoxy groups -OCH3 is 1. The number of rotatable bonds is 8. The van der Waals surface area contributed by atoms with E-state index in [4.69, 9.17) is 4.74 Å². The molecular weight excluding hydrogens is 374 g/mol. The molecule has 0 spiro atoms. The number of hydrogen-bond donors (Lipinski definition) is 3. The van der Waals surface area contributed by atoms with E-state index in [1.54, 1.807) is 43.5 Å². The highest BCUT2D eigenvalue weighted by atomic mass is 16.5. The Bertz CT molecular complexity index is 870. The summed E-state index contributed by atoms with van der Waals surface area (Å²) >= 11 is 0. The Balaban J connectivity index is 1.59. The Hall–Kier alpha value is -3.39. The van der Waals surface area contributed by atoms with Crippen LogP contribution in [-0.2, 0) is 16.1 Å². The summed E-state index contributed by atoms with van der Waals surface area (Å²) in [6, 6.07) is 14.0. The van der Waals surface area contributed by atoms with Crippen LogP contribution in [0.1, 0.15) is 23.6 Å². The van der Waals surface area contributed by atoms with Crippen molar-refractivity contribution in [2.45, 2.75) is 25.0 Å².